The number of rotatable bonds is 4. The second kappa shape index (κ2) is 5.53. The summed E-state index contributed by atoms with van der Waals surface area (Å²) in [5.41, 5.74) is 2.57. The summed E-state index contributed by atoms with van der Waals surface area (Å²) in [6, 6.07) is 18.6. The maximum absolute atomic E-state index is 5.14. The van der Waals surface area contributed by atoms with Crippen LogP contribution in [0, 0.1) is 6.92 Å². The van der Waals surface area contributed by atoms with Crippen molar-refractivity contribution in [3.05, 3.63) is 72.6 Å². The van der Waals surface area contributed by atoms with E-state index in [2.05, 4.69) is 43.3 Å². The van der Waals surface area contributed by atoms with Crippen LogP contribution >= 0.6 is 0 Å². The molecule has 0 aliphatic rings. The van der Waals surface area contributed by atoms with Gasteiger partial charge in [0.05, 0.1) is 7.11 Å². The second-order valence-corrected chi connectivity index (χ2v) is 4.16. The third-order valence-electron chi connectivity index (χ3n) is 2.91. The van der Waals surface area contributed by atoms with Gasteiger partial charge in [0.25, 0.3) is 0 Å². The Hall–Kier alpha value is -1.76. The highest BCUT2D eigenvalue weighted by molar-refractivity contribution is 5.30. The first kappa shape index (κ1) is 11.7. The summed E-state index contributed by atoms with van der Waals surface area (Å²) in [7, 11) is 1.68. The number of ether oxygens (including phenoxy) is 1. The lowest BCUT2D eigenvalue weighted by Crippen LogP contribution is -1.98. The molecule has 0 spiro atoms. The van der Waals surface area contributed by atoms with Gasteiger partial charge in [-0.3, -0.25) is 0 Å². The van der Waals surface area contributed by atoms with Crippen molar-refractivity contribution in [2.75, 3.05) is 7.11 Å². The van der Waals surface area contributed by atoms with Crippen LogP contribution in [0.15, 0.2) is 54.6 Å². The Labute approximate surface area is 103 Å². The predicted molar refractivity (Wildman–Crippen MR) is 71.2 cm³/mol. The Bertz CT molecular complexity index is 445. The molecule has 1 heteroatoms. The number of methoxy groups -OCH3 is 1. The topological polar surface area (TPSA) is 9.23 Å². The Balaban J connectivity index is 2.05. The molecular formula is C16H17O. The second-order valence-electron chi connectivity index (χ2n) is 4.16. The SMILES string of the molecule is [CH2]C(Cc1ccc(OC)cc1)c1ccccc1. The first-order valence-electron chi connectivity index (χ1n) is 5.80. The van der Waals surface area contributed by atoms with Crippen molar-refractivity contribution in [1.82, 2.24) is 0 Å². The van der Waals surface area contributed by atoms with Crippen LogP contribution in [-0.2, 0) is 6.42 Å². The lowest BCUT2D eigenvalue weighted by molar-refractivity contribution is 0.414. The van der Waals surface area contributed by atoms with Crippen molar-refractivity contribution in [2.45, 2.75) is 12.3 Å². The third-order valence-corrected chi connectivity index (χ3v) is 2.91. The van der Waals surface area contributed by atoms with E-state index in [9.17, 15) is 0 Å². The maximum Gasteiger partial charge on any atom is 0.118 e. The van der Waals surface area contributed by atoms with Gasteiger partial charge in [0, 0.05) is 0 Å². The number of hydrogen-bond acceptors (Lipinski definition) is 1. The molecule has 0 saturated carbocycles. The van der Waals surface area contributed by atoms with Gasteiger partial charge in [-0.2, -0.15) is 0 Å². The molecule has 0 fully saturated rings. The fourth-order valence-electron chi connectivity index (χ4n) is 1.89. The van der Waals surface area contributed by atoms with Crippen LogP contribution in [0.5, 0.6) is 5.75 Å². The van der Waals surface area contributed by atoms with Gasteiger partial charge >= 0.3 is 0 Å². The van der Waals surface area contributed by atoms with E-state index >= 15 is 0 Å². The molecule has 0 aliphatic heterocycles. The van der Waals surface area contributed by atoms with Gasteiger partial charge in [-0.05, 0) is 42.5 Å². The van der Waals surface area contributed by atoms with Crippen molar-refractivity contribution >= 4 is 0 Å². The van der Waals surface area contributed by atoms with Gasteiger partial charge in [0.2, 0.25) is 0 Å². The quantitative estimate of drug-likeness (QED) is 0.767. The molecule has 0 aromatic heterocycles. The van der Waals surface area contributed by atoms with Gasteiger partial charge in [-0.15, -0.1) is 0 Å². The van der Waals surface area contributed by atoms with E-state index < -0.39 is 0 Å². The summed E-state index contributed by atoms with van der Waals surface area (Å²) in [6.45, 7) is 4.21. The summed E-state index contributed by atoms with van der Waals surface area (Å²) < 4.78 is 5.14. The lowest BCUT2D eigenvalue weighted by atomic mass is 9.94. The zero-order valence-corrected chi connectivity index (χ0v) is 10.1. The van der Waals surface area contributed by atoms with Gasteiger partial charge in [-0.25, -0.2) is 0 Å². The Kier molecular flexibility index (Phi) is 3.81. The Morgan fingerprint density at radius 3 is 2.24 bits per heavy atom. The summed E-state index contributed by atoms with van der Waals surface area (Å²) in [6.07, 6.45) is 0.952. The minimum atomic E-state index is 0.296. The van der Waals surface area contributed by atoms with Crippen LogP contribution in [0.25, 0.3) is 0 Å². The first-order valence-corrected chi connectivity index (χ1v) is 5.80. The summed E-state index contributed by atoms with van der Waals surface area (Å²) in [4.78, 5) is 0. The van der Waals surface area contributed by atoms with E-state index in [-0.39, 0.29) is 0 Å². The van der Waals surface area contributed by atoms with E-state index in [1.165, 1.54) is 11.1 Å². The molecule has 2 rings (SSSR count). The van der Waals surface area contributed by atoms with Crippen molar-refractivity contribution in [3.8, 4) is 5.75 Å². The zero-order valence-electron chi connectivity index (χ0n) is 10.1. The first-order chi connectivity index (χ1) is 8.29. The van der Waals surface area contributed by atoms with Gasteiger partial charge in [-0.1, -0.05) is 42.5 Å². The molecule has 0 aliphatic carbocycles. The minimum absolute atomic E-state index is 0.296. The van der Waals surface area contributed by atoms with Crippen LogP contribution in [0.1, 0.15) is 17.0 Å². The summed E-state index contributed by atoms with van der Waals surface area (Å²) in [5, 5.41) is 0. The average molecular weight is 225 g/mol. The predicted octanol–water partition coefficient (Wildman–Crippen LogP) is 3.86. The Morgan fingerprint density at radius 1 is 1.00 bits per heavy atom. The molecule has 0 heterocycles. The number of benzene rings is 2. The minimum Gasteiger partial charge on any atom is -0.497 e. The highest BCUT2D eigenvalue weighted by Crippen LogP contribution is 2.21. The van der Waals surface area contributed by atoms with E-state index in [1.807, 2.05) is 18.2 Å². The molecule has 1 unspecified atom stereocenters. The Morgan fingerprint density at radius 2 is 1.65 bits per heavy atom. The smallest absolute Gasteiger partial charge is 0.118 e. The molecule has 2 aromatic rings. The average Bonchev–Trinajstić information content (AvgIpc) is 2.40. The molecule has 0 amide bonds. The molecule has 87 valence electrons. The van der Waals surface area contributed by atoms with Crippen LogP contribution in [0.2, 0.25) is 0 Å². The van der Waals surface area contributed by atoms with E-state index in [1.54, 1.807) is 7.11 Å². The molecular weight excluding hydrogens is 208 g/mol. The highest BCUT2D eigenvalue weighted by atomic mass is 16.5. The molecule has 0 saturated heterocycles. The van der Waals surface area contributed by atoms with Crippen LogP contribution in [0.4, 0.5) is 0 Å². The van der Waals surface area contributed by atoms with E-state index in [0.717, 1.165) is 12.2 Å². The monoisotopic (exact) mass is 225 g/mol. The fourth-order valence-corrected chi connectivity index (χ4v) is 1.89. The molecule has 1 nitrogen and oxygen atoms in total. The zero-order chi connectivity index (χ0) is 12.1. The highest BCUT2D eigenvalue weighted by Gasteiger charge is 2.06. The normalized spacial score (nSPS) is 12.1. The van der Waals surface area contributed by atoms with Gasteiger partial charge in [0.1, 0.15) is 5.75 Å². The van der Waals surface area contributed by atoms with Crippen LogP contribution in [0.3, 0.4) is 0 Å². The van der Waals surface area contributed by atoms with Crippen LogP contribution < -0.4 is 4.74 Å². The molecule has 1 radical (unpaired) electrons. The van der Waals surface area contributed by atoms with Crippen molar-refractivity contribution in [1.29, 1.82) is 0 Å². The largest absolute Gasteiger partial charge is 0.497 e. The number of hydrogen-bond donors (Lipinski definition) is 0. The lowest BCUT2D eigenvalue weighted by Gasteiger charge is -2.12. The van der Waals surface area contributed by atoms with Gasteiger partial charge in [0.15, 0.2) is 0 Å². The standard InChI is InChI=1S/C16H17O/c1-13(15-6-4-3-5-7-15)12-14-8-10-16(17-2)11-9-14/h3-11,13H,1,12H2,2H3. The van der Waals surface area contributed by atoms with Gasteiger partial charge < -0.3 is 4.74 Å². The summed E-state index contributed by atoms with van der Waals surface area (Å²) in [5.74, 6) is 1.19. The molecule has 0 N–H and O–H groups in total. The fraction of sp³-hybridized carbons (Fsp3) is 0.188. The van der Waals surface area contributed by atoms with Crippen LogP contribution in [-0.4, -0.2) is 7.11 Å². The van der Waals surface area contributed by atoms with Crippen molar-refractivity contribution in [3.63, 3.8) is 0 Å². The van der Waals surface area contributed by atoms with E-state index in [0.29, 0.717) is 5.92 Å². The van der Waals surface area contributed by atoms with Crippen molar-refractivity contribution < 1.29 is 4.74 Å². The molecule has 1 atom stereocenters. The van der Waals surface area contributed by atoms with Crippen molar-refractivity contribution in [2.24, 2.45) is 0 Å². The summed E-state index contributed by atoms with van der Waals surface area (Å²) >= 11 is 0. The molecule has 0 bridgehead atoms. The maximum atomic E-state index is 5.14. The van der Waals surface area contributed by atoms with E-state index in [4.69, 9.17) is 4.74 Å². The molecule has 2 aromatic carbocycles. The third kappa shape index (κ3) is 3.10. The molecule has 17 heavy (non-hydrogen) atoms.